The summed E-state index contributed by atoms with van der Waals surface area (Å²) in [5.74, 6) is 2.82. The van der Waals surface area contributed by atoms with Gasteiger partial charge in [-0.1, -0.05) is 0 Å². The highest BCUT2D eigenvalue weighted by molar-refractivity contribution is 5.78. The molecule has 1 aliphatic heterocycles. The number of H-pyrrole nitrogens is 1. The van der Waals surface area contributed by atoms with E-state index in [2.05, 4.69) is 20.2 Å². The highest BCUT2D eigenvalue weighted by Gasteiger charge is 2.27. The van der Waals surface area contributed by atoms with Crippen molar-refractivity contribution in [2.75, 3.05) is 19.7 Å². The Labute approximate surface area is 112 Å². The van der Waals surface area contributed by atoms with E-state index in [0.717, 1.165) is 24.7 Å². The van der Waals surface area contributed by atoms with Gasteiger partial charge in [-0.25, -0.2) is 9.98 Å². The van der Waals surface area contributed by atoms with Gasteiger partial charge in [0, 0.05) is 19.0 Å². The summed E-state index contributed by atoms with van der Waals surface area (Å²) in [6.45, 7) is 4.78. The smallest absolute Gasteiger partial charge is 0.191 e. The lowest BCUT2D eigenvalue weighted by Gasteiger charge is -2.31. The zero-order chi connectivity index (χ0) is 13.2. The molecule has 1 aliphatic carbocycles. The number of hydrogen-bond donors (Lipinski definition) is 2. The molecule has 1 saturated carbocycles. The zero-order valence-electron chi connectivity index (χ0n) is 11.2. The summed E-state index contributed by atoms with van der Waals surface area (Å²) in [7, 11) is 0. The van der Waals surface area contributed by atoms with E-state index in [1.807, 2.05) is 11.8 Å². The van der Waals surface area contributed by atoms with Gasteiger partial charge in [0.15, 0.2) is 11.8 Å². The molecule has 2 heterocycles. The number of nitrogens with two attached hydrogens (primary N) is 1. The second-order valence-corrected chi connectivity index (χ2v) is 5.22. The van der Waals surface area contributed by atoms with Crippen LogP contribution in [0.15, 0.2) is 4.99 Å². The minimum absolute atomic E-state index is 0.203. The summed E-state index contributed by atoms with van der Waals surface area (Å²) in [5.41, 5.74) is 6.00. The molecule has 7 nitrogen and oxygen atoms in total. The van der Waals surface area contributed by atoms with Gasteiger partial charge in [0.05, 0.1) is 12.7 Å². The number of nitrogens with zero attached hydrogens (tertiary/aromatic N) is 4. The van der Waals surface area contributed by atoms with E-state index in [1.165, 1.54) is 12.8 Å². The van der Waals surface area contributed by atoms with E-state index in [-0.39, 0.29) is 6.10 Å². The highest BCUT2D eigenvalue weighted by atomic mass is 16.5. The maximum absolute atomic E-state index is 6.00. The number of nitrogens with one attached hydrogen (secondary N) is 1. The minimum Gasteiger partial charge on any atom is -0.375 e. The van der Waals surface area contributed by atoms with Crippen LogP contribution >= 0.6 is 0 Å². The number of hydrogen-bond acceptors (Lipinski definition) is 4. The second-order valence-electron chi connectivity index (χ2n) is 5.22. The van der Waals surface area contributed by atoms with Crippen LogP contribution in [-0.4, -0.2) is 51.8 Å². The molecule has 1 aromatic heterocycles. The number of guanidine groups is 1. The SMILES string of the molecule is CC1CN(C(N)=NCc2nc(C3CC3)n[nH]2)CCO1. The van der Waals surface area contributed by atoms with Crippen LogP contribution in [0.4, 0.5) is 0 Å². The van der Waals surface area contributed by atoms with Crippen LogP contribution in [-0.2, 0) is 11.3 Å². The average Bonchev–Trinajstić information content (AvgIpc) is 3.15. The van der Waals surface area contributed by atoms with Crippen molar-refractivity contribution in [3.8, 4) is 0 Å². The van der Waals surface area contributed by atoms with Crippen molar-refractivity contribution in [2.45, 2.75) is 38.3 Å². The molecule has 2 fully saturated rings. The van der Waals surface area contributed by atoms with Crippen LogP contribution in [0.3, 0.4) is 0 Å². The molecule has 1 aromatic rings. The lowest BCUT2D eigenvalue weighted by atomic mass is 10.3. The third-order valence-electron chi connectivity index (χ3n) is 3.45. The minimum atomic E-state index is 0.203. The van der Waals surface area contributed by atoms with E-state index < -0.39 is 0 Å². The molecule has 0 radical (unpaired) electrons. The van der Waals surface area contributed by atoms with Gasteiger partial charge in [-0.2, -0.15) is 5.10 Å². The van der Waals surface area contributed by atoms with Crippen molar-refractivity contribution in [3.63, 3.8) is 0 Å². The summed E-state index contributed by atoms with van der Waals surface area (Å²) in [6, 6.07) is 0. The van der Waals surface area contributed by atoms with Gasteiger partial charge in [-0.15, -0.1) is 0 Å². The van der Waals surface area contributed by atoms with Crippen molar-refractivity contribution in [3.05, 3.63) is 11.6 Å². The van der Waals surface area contributed by atoms with Crippen LogP contribution in [0.5, 0.6) is 0 Å². The Balaban J connectivity index is 1.57. The molecule has 1 atom stereocenters. The fourth-order valence-electron chi connectivity index (χ4n) is 2.19. The van der Waals surface area contributed by atoms with Gasteiger partial charge < -0.3 is 15.4 Å². The quantitative estimate of drug-likeness (QED) is 0.601. The summed E-state index contributed by atoms with van der Waals surface area (Å²) in [5, 5.41) is 7.13. The first-order valence-electron chi connectivity index (χ1n) is 6.80. The van der Waals surface area contributed by atoms with Gasteiger partial charge in [0.2, 0.25) is 0 Å². The summed E-state index contributed by atoms with van der Waals surface area (Å²) in [6.07, 6.45) is 2.61. The first kappa shape index (κ1) is 12.4. The first-order valence-corrected chi connectivity index (χ1v) is 6.80. The molecule has 104 valence electrons. The molecular formula is C12H20N6O. The summed E-state index contributed by atoms with van der Waals surface area (Å²) < 4.78 is 5.48. The predicted molar refractivity (Wildman–Crippen MR) is 70.7 cm³/mol. The third kappa shape index (κ3) is 3.04. The van der Waals surface area contributed by atoms with Gasteiger partial charge in [-0.05, 0) is 19.8 Å². The topological polar surface area (TPSA) is 92.4 Å². The third-order valence-corrected chi connectivity index (χ3v) is 3.45. The van der Waals surface area contributed by atoms with Crippen molar-refractivity contribution < 1.29 is 4.74 Å². The number of ether oxygens (including phenoxy) is 1. The molecule has 0 bridgehead atoms. The Hall–Kier alpha value is -1.63. The lowest BCUT2D eigenvalue weighted by molar-refractivity contribution is 0.00528. The van der Waals surface area contributed by atoms with E-state index >= 15 is 0 Å². The number of morpholine rings is 1. The standard InChI is InChI=1S/C12H20N6O/c1-8-7-18(4-5-19-8)12(13)14-6-10-15-11(17-16-10)9-2-3-9/h8-9H,2-7H2,1H3,(H2,13,14)(H,15,16,17). The molecule has 3 rings (SSSR count). The molecule has 2 aliphatic rings. The largest absolute Gasteiger partial charge is 0.375 e. The Bertz CT molecular complexity index is 467. The number of aromatic amines is 1. The highest BCUT2D eigenvalue weighted by Crippen LogP contribution is 2.37. The average molecular weight is 264 g/mol. The fourth-order valence-corrected chi connectivity index (χ4v) is 2.19. The molecule has 0 spiro atoms. The van der Waals surface area contributed by atoms with E-state index in [0.29, 0.717) is 25.0 Å². The first-order chi connectivity index (χ1) is 9.22. The van der Waals surface area contributed by atoms with Crippen LogP contribution in [0, 0.1) is 0 Å². The molecular weight excluding hydrogens is 244 g/mol. The molecule has 1 unspecified atom stereocenters. The van der Waals surface area contributed by atoms with Gasteiger partial charge in [0.25, 0.3) is 0 Å². The maximum atomic E-state index is 6.00. The van der Waals surface area contributed by atoms with E-state index in [9.17, 15) is 0 Å². The van der Waals surface area contributed by atoms with Crippen LogP contribution < -0.4 is 5.73 Å². The summed E-state index contributed by atoms with van der Waals surface area (Å²) in [4.78, 5) is 10.9. The Kier molecular flexibility index (Phi) is 3.37. The zero-order valence-corrected chi connectivity index (χ0v) is 11.2. The molecule has 3 N–H and O–H groups in total. The van der Waals surface area contributed by atoms with Crippen molar-refractivity contribution in [1.82, 2.24) is 20.1 Å². The number of rotatable bonds is 3. The molecule has 7 heteroatoms. The van der Waals surface area contributed by atoms with Crippen molar-refractivity contribution >= 4 is 5.96 Å². The van der Waals surface area contributed by atoms with Crippen LogP contribution in [0.2, 0.25) is 0 Å². The Morgan fingerprint density at radius 1 is 1.58 bits per heavy atom. The molecule has 19 heavy (non-hydrogen) atoms. The molecule has 0 aromatic carbocycles. The predicted octanol–water partition coefficient (Wildman–Crippen LogP) is 0.218. The van der Waals surface area contributed by atoms with E-state index in [4.69, 9.17) is 10.5 Å². The van der Waals surface area contributed by atoms with Crippen LogP contribution in [0.1, 0.15) is 37.3 Å². The fraction of sp³-hybridized carbons (Fsp3) is 0.750. The lowest BCUT2D eigenvalue weighted by Crippen LogP contribution is -2.47. The van der Waals surface area contributed by atoms with Crippen molar-refractivity contribution in [1.29, 1.82) is 0 Å². The van der Waals surface area contributed by atoms with Crippen molar-refractivity contribution in [2.24, 2.45) is 10.7 Å². The van der Waals surface area contributed by atoms with Gasteiger partial charge in [0.1, 0.15) is 12.4 Å². The van der Waals surface area contributed by atoms with E-state index in [1.54, 1.807) is 0 Å². The molecule has 1 saturated heterocycles. The second kappa shape index (κ2) is 5.16. The Morgan fingerprint density at radius 3 is 3.16 bits per heavy atom. The van der Waals surface area contributed by atoms with Gasteiger partial charge in [-0.3, -0.25) is 5.10 Å². The monoisotopic (exact) mass is 264 g/mol. The Morgan fingerprint density at radius 2 is 2.42 bits per heavy atom. The molecule has 0 amide bonds. The number of aliphatic imine (C=N–C) groups is 1. The van der Waals surface area contributed by atoms with Crippen LogP contribution in [0.25, 0.3) is 0 Å². The normalized spacial score (nSPS) is 24.8. The maximum Gasteiger partial charge on any atom is 0.191 e. The number of aromatic nitrogens is 3. The summed E-state index contributed by atoms with van der Waals surface area (Å²) >= 11 is 0. The van der Waals surface area contributed by atoms with Gasteiger partial charge >= 0.3 is 0 Å².